The number of nitro benzene ring substituents is 1. The van der Waals surface area contributed by atoms with E-state index in [1.54, 1.807) is 30.3 Å². The summed E-state index contributed by atoms with van der Waals surface area (Å²) in [5.41, 5.74) is 0.288. The minimum Gasteiger partial charge on any atom is -0.320 e. The van der Waals surface area contributed by atoms with Crippen LogP contribution in [0.2, 0.25) is 10.0 Å². The zero-order chi connectivity index (χ0) is 17.7. The van der Waals surface area contributed by atoms with Crippen molar-refractivity contribution < 1.29 is 9.72 Å². The van der Waals surface area contributed by atoms with E-state index in [4.69, 9.17) is 28.5 Å². The lowest BCUT2D eigenvalue weighted by molar-refractivity contribution is -0.384. The molecule has 2 aromatic rings. The second-order valence-electron chi connectivity index (χ2n) is 4.57. The minimum absolute atomic E-state index is 0.00687. The normalized spacial score (nSPS) is 10.8. The minimum atomic E-state index is -0.701. The van der Waals surface area contributed by atoms with Crippen LogP contribution in [0.3, 0.4) is 0 Å². The molecule has 2 aromatic carbocycles. The molecule has 1 N–H and O–H groups in total. The molecule has 0 aromatic heterocycles. The van der Waals surface area contributed by atoms with Crippen LogP contribution < -0.4 is 5.32 Å². The molecular weight excluding hydrogens is 353 g/mol. The monoisotopic (exact) mass is 361 g/mol. The fourth-order valence-electron chi connectivity index (χ4n) is 1.80. The smallest absolute Gasteiger partial charge is 0.271 e. The fourth-order valence-corrected chi connectivity index (χ4v) is 2.22. The fraction of sp³-hybridized carbons (Fsp3) is 0. The molecule has 0 saturated heterocycles. The summed E-state index contributed by atoms with van der Waals surface area (Å²) in [6, 6.07) is 12.1. The van der Waals surface area contributed by atoms with E-state index in [0.29, 0.717) is 10.6 Å². The van der Waals surface area contributed by atoms with Gasteiger partial charge in [0.05, 0.1) is 15.6 Å². The molecule has 0 unspecified atom stereocenters. The Morgan fingerprint density at radius 1 is 1.21 bits per heavy atom. The quantitative estimate of drug-likeness (QED) is 0.376. The number of benzene rings is 2. The molecule has 0 aliphatic heterocycles. The van der Waals surface area contributed by atoms with Crippen molar-refractivity contribution in [2.75, 3.05) is 5.32 Å². The Labute approximate surface area is 147 Å². The Morgan fingerprint density at radius 3 is 2.50 bits per heavy atom. The van der Waals surface area contributed by atoms with Crippen LogP contribution in [0.25, 0.3) is 6.08 Å². The van der Waals surface area contributed by atoms with Crippen LogP contribution in [0.1, 0.15) is 5.56 Å². The first kappa shape index (κ1) is 17.5. The van der Waals surface area contributed by atoms with Gasteiger partial charge in [-0.2, -0.15) is 5.26 Å². The molecule has 8 heteroatoms. The summed E-state index contributed by atoms with van der Waals surface area (Å²) in [5.74, 6) is -0.701. The summed E-state index contributed by atoms with van der Waals surface area (Å²) in [5, 5.41) is 22.7. The van der Waals surface area contributed by atoms with Gasteiger partial charge in [0.25, 0.3) is 11.6 Å². The molecule has 1 amide bonds. The van der Waals surface area contributed by atoms with E-state index in [9.17, 15) is 14.9 Å². The van der Waals surface area contributed by atoms with E-state index in [2.05, 4.69) is 5.32 Å². The number of amides is 1. The van der Waals surface area contributed by atoms with Gasteiger partial charge in [-0.1, -0.05) is 41.4 Å². The third kappa shape index (κ3) is 4.10. The van der Waals surface area contributed by atoms with Crippen molar-refractivity contribution >= 4 is 46.6 Å². The van der Waals surface area contributed by atoms with E-state index >= 15 is 0 Å². The van der Waals surface area contributed by atoms with Gasteiger partial charge in [-0.05, 0) is 23.8 Å². The van der Waals surface area contributed by atoms with Gasteiger partial charge in [-0.15, -0.1) is 0 Å². The highest BCUT2D eigenvalue weighted by atomic mass is 35.5. The van der Waals surface area contributed by atoms with Gasteiger partial charge in [-0.25, -0.2) is 0 Å². The van der Waals surface area contributed by atoms with E-state index in [1.165, 1.54) is 18.2 Å². The van der Waals surface area contributed by atoms with Crippen LogP contribution in [0.4, 0.5) is 11.4 Å². The van der Waals surface area contributed by atoms with Crippen molar-refractivity contribution in [1.82, 2.24) is 0 Å². The summed E-state index contributed by atoms with van der Waals surface area (Å²) in [6.45, 7) is 0. The maximum absolute atomic E-state index is 12.2. The molecule has 24 heavy (non-hydrogen) atoms. The Kier molecular flexibility index (Phi) is 5.53. The topological polar surface area (TPSA) is 96.0 Å². The number of halogens is 2. The van der Waals surface area contributed by atoms with Gasteiger partial charge < -0.3 is 5.32 Å². The number of carbonyl (C=O) groups is 1. The number of anilines is 1. The summed E-state index contributed by atoms with van der Waals surface area (Å²) in [6.07, 6.45) is 1.34. The zero-order valence-electron chi connectivity index (χ0n) is 12.0. The van der Waals surface area contributed by atoms with Crippen molar-refractivity contribution in [3.8, 4) is 6.07 Å². The summed E-state index contributed by atoms with van der Waals surface area (Å²) < 4.78 is 0. The number of hydrogen-bond donors (Lipinski definition) is 1. The number of nitrogens with one attached hydrogen (secondary N) is 1. The molecular formula is C16H9Cl2N3O3. The van der Waals surface area contributed by atoms with E-state index < -0.39 is 10.8 Å². The number of nitro groups is 1. The van der Waals surface area contributed by atoms with Crippen molar-refractivity contribution in [3.63, 3.8) is 0 Å². The molecule has 0 bridgehead atoms. The molecule has 0 atom stereocenters. The second-order valence-corrected chi connectivity index (χ2v) is 5.38. The van der Waals surface area contributed by atoms with Gasteiger partial charge in [0, 0.05) is 17.2 Å². The lowest BCUT2D eigenvalue weighted by Crippen LogP contribution is -2.13. The Bertz CT molecular complexity index is 888. The molecule has 120 valence electrons. The maximum atomic E-state index is 12.2. The number of carbonyl (C=O) groups excluding carboxylic acids is 1. The number of nitriles is 1. The van der Waals surface area contributed by atoms with Crippen LogP contribution in [-0.2, 0) is 4.79 Å². The Balaban J connectivity index is 2.26. The lowest BCUT2D eigenvalue weighted by Gasteiger charge is -2.06. The summed E-state index contributed by atoms with van der Waals surface area (Å²) >= 11 is 11.9. The average molecular weight is 362 g/mol. The van der Waals surface area contributed by atoms with Crippen molar-refractivity contribution in [1.29, 1.82) is 5.26 Å². The van der Waals surface area contributed by atoms with Crippen molar-refractivity contribution in [2.45, 2.75) is 0 Å². The SMILES string of the molecule is N#C/C(=C/c1ccccc1Cl)C(=O)Nc1ccc([N+](=O)[O-])cc1Cl. The first-order chi connectivity index (χ1) is 11.4. The number of non-ortho nitro benzene ring substituents is 1. The molecule has 0 aliphatic carbocycles. The van der Waals surface area contributed by atoms with Crippen LogP contribution in [0.15, 0.2) is 48.0 Å². The molecule has 6 nitrogen and oxygen atoms in total. The van der Waals surface area contributed by atoms with Gasteiger partial charge in [0.2, 0.25) is 0 Å². The zero-order valence-corrected chi connectivity index (χ0v) is 13.5. The molecule has 0 fully saturated rings. The summed E-state index contributed by atoms with van der Waals surface area (Å²) in [4.78, 5) is 22.3. The first-order valence-corrected chi connectivity index (χ1v) is 7.29. The van der Waals surface area contributed by atoms with Crippen molar-refractivity contribution in [3.05, 3.63) is 73.8 Å². The van der Waals surface area contributed by atoms with Crippen LogP contribution in [-0.4, -0.2) is 10.8 Å². The second kappa shape index (κ2) is 7.59. The average Bonchev–Trinajstić information content (AvgIpc) is 2.55. The molecule has 0 aliphatic rings. The Morgan fingerprint density at radius 2 is 1.92 bits per heavy atom. The number of rotatable bonds is 4. The molecule has 2 rings (SSSR count). The predicted octanol–water partition coefficient (Wildman–Crippen LogP) is 4.45. The largest absolute Gasteiger partial charge is 0.320 e. The molecule has 0 heterocycles. The third-order valence-corrected chi connectivity index (χ3v) is 3.64. The standard InChI is InChI=1S/C16H9Cl2N3O3/c17-13-4-2-1-3-10(13)7-11(9-19)16(22)20-15-6-5-12(21(23)24)8-14(15)18/h1-8H,(H,20,22)/b11-7-. The van der Waals surface area contributed by atoms with Gasteiger partial charge in [0.1, 0.15) is 11.6 Å². The highest BCUT2D eigenvalue weighted by Gasteiger charge is 2.14. The van der Waals surface area contributed by atoms with E-state index in [-0.39, 0.29) is 22.0 Å². The van der Waals surface area contributed by atoms with Gasteiger partial charge in [-0.3, -0.25) is 14.9 Å². The number of nitrogens with zero attached hydrogens (tertiary/aromatic N) is 2. The van der Waals surface area contributed by atoms with Crippen LogP contribution in [0, 0.1) is 21.4 Å². The molecule has 0 spiro atoms. The summed E-state index contributed by atoms with van der Waals surface area (Å²) in [7, 11) is 0. The lowest BCUT2D eigenvalue weighted by atomic mass is 10.1. The van der Waals surface area contributed by atoms with Gasteiger partial charge in [0.15, 0.2) is 0 Å². The van der Waals surface area contributed by atoms with E-state index in [1.807, 2.05) is 0 Å². The molecule has 0 saturated carbocycles. The third-order valence-electron chi connectivity index (χ3n) is 2.98. The predicted molar refractivity (Wildman–Crippen MR) is 91.8 cm³/mol. The van der Waals surface area contributed by atoms with Crippen LogP contribution in [0.5, 0.6) is 0 Å². The van der Waals surface area contributed by atoms with Gasteiger partial charge >= 0.3 is 0 Å². The highest BCUT2D eigenvalue weighted by molar-refractivity contribution is 6.34. The van der Waals surface area contributed by atoms with Crippen molar-refractivity contribution in [2.24, 2.45) is 0 Å². The highest BCUT2D eigenvalue weighted by Crippen LogP contribution is 2.27. The maximum Gasteiger partial charge on any atom is 0.271 e. The van der Waals surface area contributed by atoms with Crippen LogP contribution >= 0.6 is 23.2 Å². The Hall–Kier alpha value is -2.88. The van der Waals surface area contributed by atoms with E-state index in [0.717, 1.165) is 6.07 Å². The molecule has 0 radical (unpaired) electrons. The number of hydrogen-bond acceptors (Lipinski definition) is 4. The first-order valence-electron chi connectivity index (χ1n) is 6.54.